The first-order valence-electron chi connectivity index (χ1n) is 7.36. The number of morpholine rings is 1. The lowest BCUT2D eigenvalue weighted by Gasteiger charge is -2.34. The topological polar surface area (TPSA) is 70.1 Å². The maximum absolute atomic E-state index is 12.4. The molecule has 2 atom stereocenters. The minimum absolute atomic E-state index is 0.285. The van der Waals surface area contributed by atoms with Gasteiger partial charge in [-0.2, -0.15) is 0 Å². The average molecular weight is 306 g/mol. The van der Waals surface area contributed by atoms with Gasteiger partial charge in [-0.05, 0) is 12.5 Å². The summed E-state index contributed by atoms with van der Waals surface area (Å²) in [6.07, 6.45) is -0.607. The van der Waals surface area contributed by atoms with E-state index in [2.05, 4.69) is 4.90 Å². The van der Waals surface area contributed by atoms with Crippen molar-refractivity contribution in [1.29, 1.82) is 0 Å². The molecule has 1 aliphatic rings. The number of carboxylic acid groups (broad SMARTS) is 1. The van der Waals surface area contributed by atoms with E-state index >= 15 is 0 Å². The monoisotopic (exact) mass is 306 g/mol. The molecule has 6 nitrogen and oxygen atoms in total. The van der Waals surface area contributed by atoms with Crippen molar-refractivity contribution < 1.29 is 19.4 Å². The molecule has 2 rings (SSSR count). The fourth-order valence-corrected chi connectivity index (χ4v) is 2.42. The van der Waals surface area contributed by atoms with Gasteiger partial charge in [0.2, 0.25) is 0 Å². The van der Waals surface area contributed by atoms with E-state index in [0.29, 0.717) is 13.2 Å². The predicted molar refractivity (Wildman–Crippen MR) is 81.3 cm³/mol. The Bertz CT molecular complexity index is 520. The van der Waals surface area contributed by atoms with E-state index < -0.39 is 18.1 Å². The van der Waals surface area contributed by atoms with Crippen LogP contribution in [0.15, 0.2) is 30.3 Å². The van der Waals surface area contributed by atoms with Gasteiger partial charge in [-0.1, -0.05) is 30.3 Å². The Morgan fingerprint density at radius 3 is 2.73 bits per heavy atom. The number of benzene rings is 1. The van der Waals surface area contributed by atoms with Crippen LogP contribution in [0.2, 0.25) is 0 Å². The molecule has 120 valence electrons. The maximum Gasteiger partial charge on any atom is 0.326 e. The van der Waals surface area contributed by atoms with Crippen LogP contribution in [0.1, 0.15) is 12.5 Å². The van der Waals surface area contributed by atoms with Crippen LogP contribution in [0.5, 0.6) is 0 Å². The number of amides is 1. The van der Waals surface area contributed by atoms with E-state index in [1.165, 1.54) is 24.4 Å². The largest absolute Gasteiger partial charge is 0.480 e. The van der Waals surface area contributed by atoms with Gasteiger partial charge in [0.15, 0.2) is 0 Å². The summed E-state index contributed by atoms with van der Waals surface area (Å²) in [5, 5.41) is 9.00. The zero-order valence-corrected chi connectivity index (χ0v) is 12.9. The second kappa shape index (κ2) is 7.38. The number of carboxylic acids is 1. The van der Waals surface area contributed by atoms with E-state index in [-0.39, 0.29) is 5.91 Å². The highest BCUT2D eigenvalue weighted by atomic mass is 16.5. The molecule has 1 aromatic rings. The summed E-state index contributed by atoms with van der Waals surface area (Å²) in [4.78, 5) is 26.7. The van der Waals surface area contributed by atoms with E-state index in [1.807, 2.05) is 30.3 Å². The number of carbonyl (C=O) groups excluding carboxylic acids is 1. The summed E-state index contributed by atoms with van der Waals surface area (Å²) < 4.78 is 5.53. The zero-order chi connectivity index (χ0) is 16.1. The van der Waals surface area contributed by atoms with Gasteiger partial charge in [-0.25, -0.2) is 4.79 Å². The molecule has 1 amide bonds. The summed E-state index contributed by atoms with van der Waals surface area (Å²) in [7, 11) is 1.50. The molecule has 0 unspecified atom stereocenters. The van der Waals surface area contributed by atoms with Crippen molar-refractivity contribution in [2.75, 3.05) is 26.7 Å². The third-order valence-corrected chi connectivity index (χ3v) is 3.96. The molecule has 0 aliphatic carbocycles. The lowest BCUT2D eigenvalue weighted by atomic mass is 10.1. The number of ether oxygens (including phenoxy) is 1. The highest BCUT2D eigenvalue weighted by Crippen LogP contribution is 2.13. The van der Waals surface area contributed by atoms with Crippen molar-refractivity contribution in [3.8, 4) is 0 Å². The van der Waals surface area contributed by atoms with Gasteiger partial charge in [-0.15, -0.1) is 0 Å². The number of hydrogen-bond donors (Lipinski definition) is 1. The molecule has 0 saturated carbocycles. The number of likely N-dealkylation sites (N-methyl/N-ethyl adjacent to an activating group) is 1. The quantitative estimate of drug-likeness (QED) is 0.872. The third kappa shape index (κ3) is 4.05. The Balaban J connectivity index is 1.95. The smallest absolute Gasteiger partial charge is 0.326 e. The summed E-state index contributed by atoms with van der Waals surface area (Å²) >= 11 is 0. The summed E-state index contributed by atoms with van der Waals surface area (Å²) in [5.74, 6) is -1.31. The average Bonchev–Trinajstić information content (AvgIpc) is 2.54. The minimum Gasteiger partial charge on any atom is -0.480 e. The molecule has 22 heavy (non-hydrogen) atoms. The Morgan fingerprint density at radius 2 is 2.09 bits per heavy atom. The van der Waals surface area contributed by atoms with Crippen molar-refractivity contribution in [2.45, 2.75) is 25.6 Å². The van der Waals surface area contributed by atoms with Gasteiger partial charge in [0.1, 0.15) is 12.1 Å². The molecular formula is C16H22N2O4. The second-order valence-electron chi connectivity index (χ2n) is 5.54. The van der Waals surface area contributed by atoms with Gasteiger partial charge < -0.3 is 14.7 Å². The van der Waals surface area contributed by atoms with E-state index in [9.17, 15) is 9.59 Å². The molecule has 1 aromatic carbocycles. The maximum atomic E-state index is 12.4. The Labute approximate surface area is 130 Å². The van der Waals surface area contributed by atoms with E-state index in [1.54, 1.807) is 0 Å². The van der Waals surface area contributed by atoms with Gasteiger partial charge in [0.25, 0.3) is 5.91 Å². The number of aliphatic carboxylic acids is 1. The Hall–Kier alpha value is -1.92. The number of rotatable bonds is 5. The fraction of sp³-hybridized carbons (Fsp3) is 0.500. The highest BCUT2D eigenvalue weighted by molar-refractivity contribution is 5.86. The van der Waals surface area contributed by atoms with Gasteiger partial charge in [0, 0.05) is 26.7 Å². The molecule has 6 heteroatoms. The molecule has 1 heterocycles. The van der Waals surface area contributed by atoms with Gasteiger partial charge in [0.05, 0.1) is 6.61 Å². The van der Waals surface area contributed by atoms with Crippen LogP contribution < -0.4 is 0 Å². The van der Waals surface area contributed by atoms with Crippen LogP contribution in [-0.4, -0.2) is 65.7 Å². The first-order chi connectivity index (χ1) is 10.5. The lowest BCUT2D eigenvalue weighted by molar-refractivity contribution is -0.157. The van der Waals surface area contributed by atoms with Crippen LogP contribution in [0, 0.1) is 0 Å². The molecular weight excluding hydrogens is 284 g/mol. The molecule has 0 spiro atoms. The molecule has 0 aromatic heterocycles. The number of carbonyl (C=O) groups is 2. The molecule has 0 radical (unpaired) electrons. The zero-order valence-electron chi connectivity index (χ0n) is 12.9. The Kier molecular flexibility index (Phi) is 5.51. The molecule has 1 fully saturated rings. The van der Waals surface area contributed by atoms with Gasteiger partial charge in [-0.3, -0.25) is 9.69 Å². The first kappa shape index (κ1) is 16.5. The fourth-order valence-electron chi connectivity index (χ4n) is 2.42. The van der Waals surface area contributed by atoms with Gasteiger partial charge >= 0.3 is 5.97 Å². The van der Waals surface area contributed by atoms with Crippen molar-refractivity contribution in [2.24, 2.45) is 0 Å². The number of hydrogen-bond acceptors (Lipinski definition) is 4. The molecule has 1 N–H and O–H groups in total. The van der Waals surface area contributed by atoms with Crippen molar-refractivity contribution in [1.82, 2.24) is 9.80 Å². The van der Waals surface area contributed by atoms with Crippen LogP contribution >= 0.6 is 0 Å². The summed E-state index contributed by atoms with van der Waals surface area (Å²) in [6.45, 7) is 3.96. The first-order valence-corrected chi connectivity index (χ1v) is 7.36. The van der Waals surface area contributed by atoms with Crippen molar-refractivity contribution in [3.63, 3.8) is 0 Å². The van der Waals surface area contributed by atoms with E-state index in [0.717, 1.165) is 13.1 Å². The van der Waals surface area contributed by atoms with Crippen LogP contribution in [0.3, 0.4) is 0 Å². The minimum atomic E-state index is -1.02. The summed E-state index contributed by atoms with van der Waals surface area (Å²) in [6, 6.07) is 9.18. The third-order valence-electron chi connectivity index (χ3n) is 3.96. The standard InChI is InChI=1S/C16H22N2O4/c1-12(16(20)21)17(2)15(19)14-11-18(8-9-22-14)10-13-6-4-3-5-7-13/h3-7,12,14H,8-11H2,1-2H3,(H,20,21)/t12-,14+/m0/s1. The summed E-state index contributed by atoms with van der Waals surface area (Å²) in [5.41, 5.74) is 1.18. The SMILES string of the molecule is C[C@@H](C(=O)O)N(C)C(=O)[C@H]1CN(Cc2ccccc2)CCO1. The van der Waals surface area contributed by atoms with E-state index in [4.69, 9.17) is 9.84 Å². The normalized spacial score (nSPS) is 20.4. The molecule has 1 saturated heterocycles. The van der Waals surface area contributed by atoms with Crippen LogP contribution in [0.25, 0.3) is 0 Å². The lowest BCUT2D eigenvalue weighted by Crippen LogP contribution is -2.52. The van der Waals surface area contributed by atoms with Crippen molar-refractivity contribution >= 4 is 11.9 Å². The van der Waals surface area contributed by atoms with Crippen molar-refractivity contribution in [3.05, 3.63) is 35.9 Å². The second-order valence-corrected chi connectivity index (χ2v) is 5.54. The predicted octanol–water partition coefficient (Wildman–Crippen LogP) is 0.819. The molecule has 0 bridgehead atoms. The van der Waals surface area contributed by atoms with Crippen LogP contribution in [0.4, 0.5) is 0 Å². The van der Waals surface area contributed by atoms with Crippen LogP contribution in [-0.2, 0) is 20.9 Å². The highest BCUT2D eigenvalue weighted by Gasteiger charge is 2.32. The number of nitrogens with zero attached hydrogens (tertiary/aromatic N) is 2. The Morgan fingerprint density at radius 1 is 1.41 bits per heavy atom. The molecule has 1 aliphatic heterocycles.